The van der Waals surface area contributed by atoms with Gasteiger partial charge in [-0.05, 0) is 17.7 Å². The Morgan fingerprint density at radius 1 is 1.50 bits per heavy atom. The lowest BCUT2D eigenvalue weighted by atomic mass is 10.0. The summed E-state index contributed by atoms with van der Waals surface area (Å²) in [6.07, 6.45) is 1.72. The molecule has 1 aromatic carbocycles. The second-order valence-electron chi connectivity index (χ2n) is 3.42. The fourth-order valence-electron chi connectivity index (χ4n) is 1.47. The molecule has 0 aliphatic rings. The summed E-state index contributed by atoms with van der Waals surface area (Å²) in [6, 6.07) is 9.11. The number of aliphatic hydroxyl groups excluding tert-OH is 1. The number of nitrogens with zero attached hydrogens (tertiary/aromatic N) is 2. The Kier molecular flexibility index (Phi) is 3.30. The van der Waals surface area contributed by atoms with Gasteiger partial charge in [-0.25, -0.2) is 0 Å². The van der Waals surface area contributed by atoms with Crippen molar-refractivity contribution in [1.29, 1.82) is 5.26 Å². The van der Waals surface area contributed by atoms with E-state index < -0.39 is 6.10 Å². The standard InChI is InChI=1S/C12H10N2OS/c13-6-9-2-1-3-10(4-9)12(15)5-11-7-14-8-16-11/h1-4,7-8,12,15H,5H2. The Labute approximate surface area is 97.6 Å². The van der Waals surface area contributed by atoms with Crippen LogP contribution in [0.5, 0.6) is 0 Å². The molecule has 0 spiro atoms. The van der Waals surface area contributed by atoms with Crippen LogP contribution in [-0.4, -0.2) is 10.1 Å². The molecule has 0 aliphatic heterocycles. The first kappa shape index (κ1) is 10.8. The molecule has 0 aliphatic carbocycles. The number of aliphatic hydroxyl groups is 1. The minimum absolute atomic E-state index is 0.541. The Balaban J connectivity index is 2.15. The van der Waals surface area contributed by atoms with Crippen molar-refractivity contribution in [3.05, 3.63) is 52.0 Å². The zero-order valence-electron chi connectivity index (χ0n) is 8.50. The van der Waals surface area contributed by atoms with E-state index in [9.17, 15) is 5.11 Å². The fraction of sp³-hybridized carbons (Fsp3) is 0.167. The van der Waals surface area contributed by atoms with Gasteiger partial charge < -0.3 is 5.11 Å². The van der Waals surface area contributed by atoms with Gasteiger partial charge in [-0.2, -0.15) is 5.26 Å². The first-order valence-corrected chi connectivity index (χ1v) is 5.73. The summed E-state index contributed by atoms with van der Waals surface area (Å²) < 4.78 is 0. The summed E-state index contributed by atoms with van der Waals surface area (Å²) in [7, 11) is 0. The van der Waals surface area contributed by atoms with Crippen molar-refractivity contribution in [3.63, 3.8) is 0 Å². The van der Waals surface area contributed by atoms with E-state index >= 15 is 0 Å². The third-order valence-electron chi connectivity index (χ3n) is 2.28. The van der Waals surface area contributed by atoms with Gasteiger partial charge in [0.25, 0.3) is 0 Å². The second-order valence-corrected chi connectivity index (χ2v) is 4.40. The predicted molar refractivity (Wildman–Crippen MR) is 61.9 cm³/mol. The molecule has 0 saturated heterocycles. The van der Waals surface area contributed by atoms with Gasteiger partial charge in [0.15, 0.2) is 0 Å². The molecular formula is C12H10N2OS. The topological polar surface area (TPSA) is 56.9 Å². The van der Waals surface area contributed by atoms with Crippen LogP contribution in [0.25, 0.3) is 0 Å². The summed E-state index contributed by atoms with van der Waals surface area (Å²) >= 11 is 1.52. The van der Waals surface area contributed by atoms with E-state index in [2.05, 4.69) is 11.1 Å². The van der Waals surface area contributed by atoms with E-state index in [1.165, 1.54) is 11.3 Å². The number of hydrogen-bond acceptors (Lipinski definition) is 4. The molecule has 1 aromatic heterocycles. The van der Waals surface area contributed by atoms with E-state index in [0.29, 0.717) is 12.0 Å². The second kappa shape index (κ2) is 4.88. The van der Waals surface area contributed by atoms with Crippen molar-refractivity contribution in [3.8, 4) is 6.07 Å². The van der Waals surface area contributed by atoms with Crippen LogP contribution in [0.1, 0.15) is 22.1 Å². The van der Waals surface area contributed by atoms with Gasteiger partial charge in [0.2, 0.25) is 0 Å². The van der Waals surface area contributed by atoms with Crippen LogP contribution >= 0.6 is 11.3 Å². The van der Waals surface area contributed by atoms with Crippen LogP contribution < -0.4 is 0 Å². The minimum atomic E-state index is -0.575. The average molecular weight is 230 g/mol. The van der Waals surface area contributed by atoms with Crippen LogP contribution in [0.3, 0.4) is 0 Å². The summed E-state index contributed by atoms with van der Waals surface area (Å²) in [4.78, 5) is 4.99. The van der Waals surface area contributed by atoms with Crippen molar-refractivity contribution in [2.75, 3.05) is 0 Å². The van der Waals surface area contributed by atoms with Crippen molar-refractivity contribution in [2.24, 2.45) is 0 Å². The molecular weight excluding hydrogens is 220 g/mol. The molecule has 2 rings (SSSR count). The molecule has 1 N–H and O–H groups in total. The number of benzene rings is 1. The summed E-state index contributed by atoms with van der Waals surface area (Å²) in [5, 5.41) is 18.7. The lowest BCUT2D eigenvalue weighted by molar-refractivity contribution is 0.179. The number of hydrogen-bond donors (Lipinski definition) is 1. The third-order valence-corrected chi connectivity index (χ3v) is 3.08. The fourth-order valence-corrected chi connectivity index (χ4v) is 2.10. The third kappa shape index (κ3) is 2.45. The monoisotopic (exact) mass is 230 g/mol. The normalized spacial score (nSPS) is 12.0. The molecule has 4 heteroatoms. The molecule has 0 amide bonds. The highest BCUT2D eigenvalue weighted by Crippen LogP contribution is 2.20. The van der Waals surface area contributed by atoms with E-state index in [4.69, 9.17) is 5.26 Å². The van der Waals surface area contributed by atoms with Crippen molar-refractivity contribution in [1.82, 2.24) is 4.98 Å². The Morgan fingerprint density at radius 3 is 3.06 bits per heavy atom. The maximum absolute atomic E-state index is 9.98. The molecule has 0 saturated carbocycles. The van der Waals surface area contributed by atoms with Gasteiger partial charge in [0.1, 0.15) is 0 Å². The van der Waals surface area contributed by atoms with Gasteiger partial charge in [-0.1, -0.05) is 12.1 Å². The Morgan fingerprint density at radius 2 is 2.38 bits per heavy atom. The molecule has 1 heterocycles. The van der Waals surface area contributed by atoms with Gasteiger partial charge in [-0.3, -0.25) is 4.98 Å². The lowest BCUT2D eigenvalue weighted by Gasteiger charge is -2.09. The Hall–Kier alpha value is -1.70. The Bertz CT molecular complexity index is 502. The quantitative estimate of drug-likeness (QED) is 0.880. The number of thiazole rings is 1. The van der Waals surface area contributed by atoms with Crippen LogP contribution in [0, 0.1) is 11.3 Å². The molecule has 0 radical (unpaired) electrons. The van der Waals surface area contributed by atoms with Crippen LogP contribution in [0.4, 0.5) is 0 Å². The van der Waals surface area contributed by atoms with Gasteiger partial charge in [-0.15, -0.1) is 11.3 Å². The van der Waals surface area contributed by atoms with E-state index in [1.807, 2.05) is 6.07 Å². The summed E-state index contributed by atoms with van der Waals surface area (Å²) in [5.74, 6) is 0. The van der Waals surface area contributed by atoms with Gasteiger partial charge in [0.05, 0.1) is 23.2 Å². The van der Waals surface area contributed by atoms with E-state index in [0.717, 1.165) is 10.4 Å². The first-order valence-electron chi connectivity index (χ1n) is 4.85. The van der Waals surface area contributed by atoms with Crippen LogP contribution in [0.15, 0.2) is 36.0 Å². The zero-order valence-corrected chi connectivity index (χ0v) is 9.31. The SMILES string of the molecule is N#Cc1cccc(C(O)Cc2cncs2)c1. The maximum Gasteiger partial charge on any atom is 0.0991 e. The summed E-state index contributed by atoms with van der Waals surface area (Å²) in [5.41, 5.74) is 3.08. The van der Waals surface area contributed by atoms with Crippen LogP contribution in [-0.2, 0) is 6.42 Å². The maximum atomic E-state index is 9.98. The van der Waals surface area contributed by atoms with E-state index in [-0.39, 0.29) is 0 Å². The molecule has 1 atom stereocenters. The number of aromatic nitrogens is 1. The highest BCUT2D eigenvalue weighted by atomic mass is 32.1. The minimum Gasteiger partial charge on any atom is -0.388 e. The smallest absolute Gasteiger partial charge is 0.0991 e. The molecule has 16 heavy (non-hydrogen) atoms. The van der Waals surface area contributed by atoms with Crippen LogP contribution in [0.2, 0.25) is 0 Å². The zero-order chi connectivity index (χ0) is 11.4. The molecule has 0 fully saturated rings. The van der Waals surface area contributed by atoms with Gasteiger partial charge in [0, 0.05) is 17.5 Å². The largest absolute Gasteiger partial charge is 0.388 e. The van der Waals surface area contributed by atoms with Crippen molar-refractivity contribution < 1.29 is 5.11 Å². The molecule has 2 aromatic rings. The highest BCUT2D eigenvalue weighted by Gasteiger charge is 2.09. The highest BCUT2D eigenvalue weighted by molar-refractivity contribution is 7.09. The molecule has 80 valence electrons. The predicted octanol–water partition coefficient (Wildman–Crippen LogP) is 2.29. The first-order chi connectivity index (χ1) is 7.79. The summed E-state index contributed by atoms with van der Waals surface area (Å²) in [6.45, 7) is 0. The lowest BCUT2D eigenvalue weighted by Crippen LogP contribution is -2.00. The number of rotatable bonds is 3. The van der Waals surface area contributed by atoms with Crippen molar-refractivity contribution in [2.45, 2.75) is 12.5 Å². The number of nitriles is 1. The van der Waals surface area contributed by atoms with Gasteiger partial charge >= 0.3 is 0 Å². The molecule has 0 bridgehead atoms. The van der Waals surface area contributed by atoms with E-state index in [1.54, 1.807) is 29.9 Å². The molecule has 3 nitrogen and oxygen atoms in total. The van der Waals surface area contributed by atoms with Crippen molar-refractivity contribution >= 4 is 11.3 Å². The molecule has 1 unspecified atom stereocenters. The average Bonchev–Trinajstić information content (AvgIpc) is 2.82.